The maximum atomic E-state index is 13.3. The number of ether oxygens (including phenoxy) is 2. The summed E-state index contributed by atoms with van der Waals surface area (Å²) in [6.45, 7) is 1.86. The number of hydrogen-bond donors (Lipinski definition) is 1. The van der Waals surface area contributed by atoms with Crippen molar-refractivity contribution < 1.29 is 18.7 Å². The molecule has 1 aliphatic heterocycles. The summed E-state index contributed by atoms with van der Waals surface area (Å²) in [4.78, 5) is 17.3. The number of amides is 1. The summed E-state index contributed by atoms with van der Waals surface area (Å²) < 4.78 is 25.8. The molecule has 1 aliphatic rings. The fraction of sp³-hybridized carbons (Fsp3) is 0.208. The van der Waals surface area contributed by atoms with E-state index in [4.69, 9.17) is 9.47 Å². The van der Waals surface area contributed by atoms with Crippen LogP contribution in [-0.2, 0) is 4.79 Å². The second-order valence-electron chi connectivity index (χ2n) is 7.82. The second kappa shape index (κ2) is 8.54. The van der Waals surface area contributed by atoms with Crippen molar-refractivity contribution >= 4 is 11.7 Å². The number of anilines is 1. The number of halogens is 1. The Morgan fingerprint density at radius 2 is 1.91 bits per heavy atom. The maximum absolute atomic E-state index is 13.3. The van der Waals surface area contributed by atoms with Gasteiger partial charge in [-0.3, -0.25) is 4.79 Å². The number of aryl methyl sites for hydroxylation is 1. The molecular formula is C24H21FN6O3. The number of carbonyl (C=O) groups excluding carboxylic acids is 1. The van der Waals surface area contributed by atoms with Gasteiger partial charge in [0.15, 0.2) is 0 Å². The van der Waals surface area contributed by atoms with E-state index in [1.807, 2.05) is 25.1 Å². The van der Waals surface area contributed by atoms with Gasteiger partial charge in [-0.05, 0) is 49.4 Å². The van der Waals surface area contributed by atoms with Crippen molar-refractivity contribution in [2.45, 2.75) is 19.3 Å². The molecule has 0 aliphatic carbocycles. The van der Waals surface area contributed by atoms with Crippen molar-refractivity contribution in [3.05, 3.63) is 71.3 Å². The molecule has 9 nitrogen and oxygen atoms in total. The molecule has 5 rings (SSSR count). The molecule has 0 saturated carbocycles. The fourth-order valence-electron chi connectivity index (χ4n) is 4.21. The van der Waals surface area contributed by atoms with E-state index in [0.717, 1.165) is 11.1 Å². The molecule has 0 fully saturated rings. The van der Waals surface area contributed by atoms with E-state index in [0.29, 0.717) is 34.3 Å². The average molecular weight is 460 g/mol. The predicted octanol–water partition coefficient (Wildman–Crippen LogP) is 3.66. The highest BCUT2D eigenvalue weighted by molar-refractivity contribution is 5.95. The highest BCUT2D eigenvalue weighted by Crippen LogP contribution is 2.44. The lowest BCUT2D eigenvalue weighted by Crippen LogP contribution is -2.25. The lowest BCUT2D eigenvalue weighted by Gasteiger charge is -2.25. The van der Waals surface area contributed by atoms with Crippen LogP contribution in [0.15, 0.2) is 48.7 Å². The Labute approximate surface area is 194 Å². The molecule has 2 aromatic carbocycles. The van der Waals surface area contributed by atoms with E-state index < -0.39 is 0 Å². The van der Waals surface area contributed by atoms with Crippen molar-refractivity contribution in [2.75, 3.05) is 19.5 Å². The Balaban J connectivity index is 1.63. The van der Waals surface area contributed by atoms with E-state index in [-0.39, 0.29) is 30.0 Å². The average Bonchev–Trinajstić information content (AvgIpc) is 3.19. The van der Waals surface area contributed by atoms with E-state index in [1.165, 1.54) is 23.0 Å². The van der Waals surface area contributed by atoms with Crippen LogP contribution in [0.5, 0.6) is 11.5 Å². The van der Waals surface area contributed by atoms with Gasteiger partial charge in [0, 0.05) is 29.0 Å². The maximum Gasteiger partial charge on any atom is 0.272 e. The first-order chi connectivity index (χ1) is 16.5. The first-order valence-corrected chi connectivity index (χ1v) is 10.6. The SMILES string of the molecule is COc1ccc(OC)c([C@@H]2CC(=O)Nc3c2c(C)nn3-c2nncc(-c3ccc(F)cc3)n2)c1. The van der Waals surface area contributed by atoms with E-state index in [9.17, 15) is 9.18 Å². The number of fused-ring (bicyclic) bond motifs is 1. The quantitative estimate of drug-likeness (QED) is 0.485. The minimum atomic E-state index is -0.343. The molecule has 0 bridgehead atoms. The van der Waals surface area contributed by atoms with Crippen molar-refractivity contribution in [2.24, 2.45) is 0 Å². The first-order valence-electron chi connectivity index (χ1n) is 10.6. The summed E-state index contributed by atoms with van der Waals surface area (Å²) in [5.74, 6) is 1.14. The Hall–Kier alpha value is -4.34. The summed E-state index contributed by atoms with van der Waals surface area (Å²) in [7, 11) is 3.18. The standard InChI is InChI=1S/C24H21FN6O3/c1-13-22-18(17-10-16(33-2)8-9-20(17)34-3)11-21(32)28-23(22)31(30-13)24-27-19(12-26-29-24)14-4-6-15(25)7-5-14/h4-10,12,18H,11H2,1-3H3,(H,28,32)/t18-/m0/s1. The topological polar surface area (TPSA) is 104 Å². The minimum absolute atomic E-state index is 0.175. The van der Waals surface area contributed by atoms with Crippen LogP contribution in [0.1, 0.15) is 29.2 Å². The Morgan fingerprint density at radius 3 is 2.65 bits per heavy atom. The molecule has 1 atom stereocenters. The molecule has 34 heavy (non-hydrogen) atoms. The van der Waals surface area contributed by atoms with Crippen LogP contribution in [0.2, 0.25) is 0 Å². The summed E-state index contributed by atoms with van der Waals surface area (Å²) in [5, 5.41) is 15.7. The molecule has 0 saturated heterocycles. The number of nitrogens with one attached hydrogen (secondary N) is 1. The number of nitrogens with zero attached hydrogens (tertiary/aromatic N) is 5. The zero-order valence-corrected chi connectivity index (χ0v) is 18.7. The number of aromatic nitrogens is 5. The lowest BCUT2D eigenvalue weighted by atomic mass is 9.85. The monoisotopic (exact) mass is 460 g/mol. The van der Waals surface area contributed by atoms with Crippen molar-refractivity contribution in [3.8, 4) is 28.7 Å². The minimum Gasteiger partial charge on any atom is -0.497 e. The summed E-state index contributed by atoms with van der Waals surface area (Å²) >= 11 is 0. The largest absolute Gasteiger partial charge is 0.497 e. The second-order valence-corrected chi connectivity index (χ2v) is 7.82. The van der Waals surface area contributed by atoms with Gasteiger partial charge in [0.1, 0.15) is 23.1 Å². The Morgan fingerprint density at radius 1 is 1.12 bits per heavy atom. The Bertz CT molecular complexity index is 1390. The van der Waals surface area contributed by atoms with Gasteiger partial charge in [-0.1, -0.05) is 0 Å². The fourth-order valence-corrected chi connectivity index (χ4v) is 4.21. The van der Waals surface area contributed by atoms with Gasteiger partial charge in [-0.15, -0.1) is 5.10 Å². The Kier molecular flexibility index (Phi) is 5.40. The molecular weight excluding hydrogens is 439 g/mol. The summed E-state index contributed by atoms with van der Waals surface area (Å²) in [6.07, 6.45) is 1.71. The van der Waals surface area contributed by atoms with Crippen molar-refractivity contribution in [3.63, 3.8) is 0 Å². The lowest BCUT2D eigenvalue weighted by molar-refractivity contribution is -0.116. The normalized spacial score (nSPS) is 14.9. The highest BCUT2D eigenvalue weighted by atomic mass is 19.1. The molecule has 0 unspecified atom stereocenters. The van der Waals surface area contributed by atoms with Gasteiger partial charge >= 0.3 is 0 Å². The predicted molar refractivity (Wildman–Crippen MR) is 122 cm³/mol. The van der Waals surface area contributed by atoms with Crippen LogP contribution in [0, 0.1) is 12.7 Å². The number of methoxy groups -OCH3 is 2. The number of carbonyl (C=O) groups is 1. The van der Waals surface area contributed by atoms with Crippen molar-refractivity contribution in [1.29, 1.82) is 0 Å². The summed E-state index contributed by atoms with van der Waals surface area (Å²) in [5.41, 5.74) is 3.54. The van der Waals surface area contributed by atoms with Crippen molar-refractivity contribution in [1.82, 2.24) is 25.0 Å². The molecule has 0 spiro atoms. The van der Waals surface area contributed by atoms with E-state index >= 15 is 0 Å². The molecule has 3 heterocycles. The van der Waals surface area contributed by atoms with Gasteiger partial charge < -0.3 is 14.8 Å². The first kappa shape index (κ1) is 21.5. The van der Waals surface area contributed by atoms with Crippen LogP contribution in [-0.4, -0.2) is 45.1 Å². The van der Waals surface area contributed by atoms with Gasteiger partial charge in [-0.2, -0.15) is 14.9 Å². The molecule has 2 aromatic heterocycles. The summed E-state index contributed by atoms with van der Waals surface area (Å²) in [6, 6.07) is 11.4. The van der Waals surface area contributed by atoms with Gasteiger partial charge in [0.05, 0.1) is 31.8 Å². The van der Waals surface area contributed by atoms with Gasteiger partial charge in [-0.25, -0.2) is 9.37 Å². The molecule has 4 aromatic rings. The molecule has 10 heteroatoms. The van der Waals surface area contributed by atoms with Gasteiger partial charge in [0.2, 0.25) is 5.91 Å². The van der Waals surface area contributed by atoms with Crippen LogP contribution < -0.4 is 14.8 Å². The van der Waals surface area contributed by atoms with Crippen LogP contribution >= 0.6 is 0 Å². The number of hydrogen-bond acceptors (Lipinski definition) is 7. The molecule has 1 amide bonds. The third-order valence-corrected chi connectivity index (χ3v) is 5.79. The zero-order valence-electron chi connectivity index (χ0n) is 18.7. The van der Waals surface area contributed by atoms with Crippen LogP contribution in [0.3, 0.4) is 0 Å². The van der Waals surface area contributed by atoms with Gasteiger partial charge in [0.25, 0.3) is 5.95 Å². The highest BCUT2D eigenvalue weighted by Gasteiger charge is 2.35. The third-order valence-electron chi connectivity index (χ3n) is 5.79. The van der Waals surface area contributed by atoms with E-state index in [2.05, 4.69) is 25.6 Å². The van der Waals surface area contributed by atoms with Crippen LogP contribution in [0.4, 0.5) is 10.2 Å². The molecule has 172 valence electrons. The zero-order chi connectivity index (χ0) is 23.8. The van der Waals surface area contributed by atoms with E-state index in [1.54, 1.807) is 26.4 Å². The smallest absolute Gasteiger partial charge is 0.272 e. The number of benzene rings is 2. The van der Waals surface area contributed by atoms with Crippen LogP contribution in [0.25, 0.3) is 17.2 Å². The molecule has 1 N–H and O–H groups in total. The third kappa shape index (κ3) is 3.72. The number of rotatable bonds is 5. The molecule has 0 radical (unpaired) electrons.